The highest BCUT2D eigenvalue weighted by Crippen LogP contribution is 2.35. The number of carbonyl (C=O) groups excluding carboxylic acids is 3. The Hall–Kier alpha value is -2.62. The lowest BCUT2D eigenvalue weighted by Crippen LogP contribution is -2.44. The van der Waals surface area contributed by atoms with E-state index < -0.39 is 27.3 Å². The number of nitrogens with one attached hydrogen (secondary N) is 2. The summed E-state index contributed by atoms with van der Waals surface area (Å²) < 4.78 is 23.9. The maximum absolute atomic E-state index is 12.6. The van der Waals surface area contributed by atoms with Crippen LogP contribution in [-0.4, -0.2) is 54.1 Å². The molecule has 1 aromatic carbocycles. The van der Waals surface area contributed by atoms with Crippen molar-refractivity contribution in [2.24, 2.45) is 0 Å². The van der Waals surface area contributed by atoms with Crippen molar-refractivity contribution in [3.05, 3.63) is 18.2 Å². The standard InChI is InChI=1S/C19H25N3O6S/c1-2-29(27,28)13-7-8-15(23)14(12-13)20-16(24)6-5-11-22-17(25)19(21-18(22)26)9-3-4-10-19/h7-8,12,23H,2-6,9-11H2,1H3,(H,20,24)(H,21,26). The van der Waals surface area contributed by atoms with Crippen molar-refractivity contribution in [1.29, 1.82) is 0 Å². The fourth-order valence-corrected chi connectivity index (χ4v) is 4.69. The van der Waals surface area contributed by atoms with Gasteiger partial charge in [-0.1, -0.05) is 19.8 Å². The topological polar surface area (TPSA) is 133 Å². The Morgan fingerprint density at radius 2 is 1.97 bits per heavy atom. The van der Waals surface area contributed by atoms with Gasteiger partial charge in [-0.05, 0) is 37.5 Å². The van der Waals surface area contributed by atoms with Gasteiger partial charge >= 0.3 is 6.03 Å². The Labute approximate surface area is 169 Å². The van der Waals surface area contributed by atoms with E-state index in [0.29, 0.717) is 12.8 Å². The number of sulfone groups is 1. The SMILES string of the molecule is CCS(=O)(=O)c1ccc(O)c(NC(=O)CCCN2C(=O)NC3(CCCC3)C2=O)c1. The number of benzene rings is 1. The quantitative estimate of drug-likeness (QED) is 0.452. The molecule has 1 saturated heterocycles. The summed E-state index contributed by atoms with van der Waals surface area (Å²) in [4.78, 5) is 38.1. The molecule has 0 radical (unpaired) electrons. The molecule has 0 unspecified atom stereocenters. The number of phenolic OH excluding ortho intramolecular Hbond substituents is 1. The molecule has 0 aromatic heterocycles. The number of hydrogen-bond acceptors (Lipinski definition) is 6. The zero-order valence-electron chi connectivity index (χ0n) is 16.2. The van der Waals surface area contributed by atoms with Crippen molar-refractivity contribution >= 4 is 33.4 Å². The number of anilines is 1. The van der Waals surface area contributed by atoms with E-state index >= 15 is 0 Å². The van der Waals surface area contributed by atoms with Gasteiger partial charge in [0.1, 0.15) is 11.3 Å². The molecule has 2 aliphatic rings. The van der Waals surface area contributed by atoms with E-state index in [0.717, 1.165) is 17.7 Å². The van der Waals surface area contributed by atoms with Crippen LogP contribution in [0.2, 0.25) is 0 Å². The van der Waals surface area contributed by atoms with Gasteiger partial charge in [-0.2, -0.15) is 0 Å². The molecule has 1 aliphatic heterocycles. The first-order valence-corrected chi connectivity index (χ1v) is 11.3. The number of phenols is 1. The minimum Gasteiger partial charge on any atom is -0.506 e. The largest absolute Gasteiger partial charge is 0.506 e. The lowest BCUT2D eigenvalue weighted by molar-refractivity contribution is -0.131. The number of nitrogens with zero attached hydrogens (tertiary/aromatic N) is 1. The average Bonchev–Trinajstić information content (AvgIpc) is 3.23. The summed E-state index contributed by atoms with van der Waals surface area (Å²) in [6.45, 7) is 1.63. The molecule has 1 aromatic rings. The fraction of sp³-hybridized carbons (Fsp3) is 0.526. The van der Waals surface area contributed by atoms with Gasteiger partial charge in [0.2, 0.25) is 5.91 Å². The summed E-state index contributed by atoms with van der Waals surface area (Å²) >= 11 is 0. The van der Waals surface area contributed by atoms with Crippen LogP contribution < -0.4 is 10.6 Å². The van der Waals surface area contributed by atoms with E-state index in [2.05, 4.69) is 10.6 Å². The molecule has 3 rings (SSSR count). The van der Waals surface area contributed by atoms with E-state index in [9.17, 15) is 27.9 Å². The highest BCUT2D eigenvalue weighted by Gasteiger charge is 2.52. The molecule has 0 atom stereocenters. The van der Waals surface area contributed by atoms with E-state index in [1.54, 1.807) is 0 Å². The third kappa shape index (κ3) is 4.21. The first kappa shape index (κ1) is 21.1. The van der Waals surface area contributed by atoms with Gasteiger partial charge in [-0.3, -0.25) is 14.5 Å². The number of urea groups is 1. The molecule has 1 spiro atoms. The van der Waals surface area contributed by atoms with Gasteiger partial charge in [0, 0.05) is 13.0 Å². The lowest BCUT2D eigenvalue weighted by atomic mass is 9.98. The third-order valence-electron chi connectivity index (χ3n) is 5.47. The van der Waals surface area contributed by atoms with Crippen molar-refractivity contribution in [1.82, 2.24) is 10.2 Å². The number of amides is 4. The van der Waals surface area contributed by atoms with Gasteiger partial charge in [0.25, 0.3) is 5.91 Å². The zero-order valence-corrected chi connectivity index (χ0v) is 17.0. The number of rotatable bonds is 7. The monoisotopic (exact) mass is 423 g/mol. The molecule has 2 fully saturated rings. The van der Waals surface area contributed by atoms with Gasteiger partial charge in [0.15, 0.2) is 9.84 Å². The molecule has 1 aliphatic carbocycles. The van der Waals surface area contributed by atoms with Gasteiger partial charge < -0.3 is 15.7 Å². The van der Waals surface area contributed by atoms with Crippen LogP contribution in [0.4, 0.5) is 10.5 Å². The van der Waals surface area contributed by atoms with Crippen LogP contribution in [0.3, 0.4) is 0 Å². The van der Waals surface area contributed by atoms with Gasteiger partial charge in [-0.15, -0.1) is 0 Å². The highest BCUT2D eigenvalue weighted by molar-refractivity contribution is 7.91. The maximum atomic E-state index is 12.6. The summed E-state index contributed by atoms with van der Waals surface area (Å²) in [5, 5.41) is 15.2. The van der Waals surface area contributed by atoms with E-state index in [4.69, 9.17) is 0 Å². The van der Waals surface area contributed by atoms with E-state index in [-0.39, 0.29) is 47.4 Å². The second-order valence-corrected chi connectivity index (χ2v) is 9.69. The van der Waals surface area contributed by atoms with Crippen LogP contribution in [0, 0.1) is 0 Å². The molecule has 1 saturated carbocycles. The van der Waals surface area contributed by atoms with E-state index in [1.807, 2.05) is 0 Å². The first-order valence-electron chi connectivity index (χ1n) is 9.68. The summed E-state index contributed by atoms with van der Waals surface area (Å²) in [5.74, 6) is -1.02. The Bertz CT molecular complexity index is 937. The summed E-state index contributed by atoms with van der Waals surface area (Å²) in [7, 11) is -3.48. The van der Waals surface area contributed by atoms with Crippen molar-refractivity contribution in [3.63, 3.8) is 0 Å². The Morgan fingerprint density at radius 3 is 2.62 bits per heavy atom. The summed E-state index contributed by atoms with van der Waals surface area (Å²) in [6, 6.07) is 3.28. The second kappa shape index (κ2) is 8.02. The lowest BCUT2D eigenvalue weighted by Gasteiger charge is -2.19. The number of carbonyl (C=O) groups is 3. The maximum Gasteiger partial charge on any atom is 0.325 e. The molecule has 158 valence electrons. The Morgan fingerprint density at radius 1 is 1.28 bits per heavy atom. The molecule has 10 heteroatoms. The smallest absolute Gasteiger partial charge is 0.325 e. The predicted molar refractivity (Wildman–Crippen MR) is 105 cm³/mol. The molecule has 1 heterocycles. The second-order valence-electron chi connectivity index (χ2n) is 7.41. The minimum atomic E-state index is -3.48. The highest BCUT2D eigenvalue weighted by atomic mass is 32.2. The minimum absolute atomic E-state index is 0.00410. The van der Waals surface area contributed by atoms with Crippen molar-refractivity contribution < 1.29 is 27.9 Å². The summed E-state index contributed by atoms with van der Waals surface area (Å²) in [6.07, 6.45) is 3.36. The van der Waals surface area contributed by atoms with Crippen molar-refractivity contribution in [2.45, 2.75) is 55.9 Å². The third-order valence-corrected chi connectivity index (χ3v) is 7.20. The van der Waals surface area contributed by atoms with Crippen LogP contribution in [0.15, 0.2) is 23.1 Å². The molecule has 9 nitrogen and oxygen atoms in total. The van der Waals surface area contributed by atoms with Crippen LogP contribution in [0.1, 0.15) is 45.4 Å². The molecular formula is C19H25N3O6S. The molecule has 29 heavy (non-hydrogen) atoms. The Balaban J connectivity index is 1.56. The number of aromatic hydroxyl groups is 1. The fourth-order valence-electron chi connectivity index (χ4n) is 3.78. The van der Waals surface area contributed by atoms with Gasteiger partial charge in [-0.25, -0.2) is 13.2 Å². The summed E-state index contributed by atoms with van der Waals surface area (Å²) in [5.41, 5.74) is -0.763. The average molecular weight is 423 g/mol. The van der Waals surface area contributed by atoms with Crippen LogP contribution in [0.25, 0.3) is 0 Å². The van der Waals surface area contributed by atoms with Crippen molar-refractivity contribution in [3.8, 4) is 5.75 Å². The van der Waals surface area contributed by atoms with Crippen molar-refractivity contribution in [2.75, 3.05) is 17.6 Å². The number of imide groups is 1. The zero-order chi connectivity index (χ0) is 21.2. The predicted octanol–water partition coefficient (Wildman–Crippen LogP) is 1.77. The van der Waals surface area contributed by atoms with E-state index in [1.165, 1.54) is 25.1 Å². The molecule has 4 amide bonds. The normalized spacial score (nSPS) is 18.3. The number of hydrogen-bond donors (Lipinski definition) is 3. The van der Waals surface area contributed by atoms with Crippen LogP contribution in [-0.2, 0) is 19.4 Å². The first-order chi connectivity index (χ1) is 13.7. The molecule has 3 N–H and O–H groups in total. The van der Waals surface area contributed by atoms with Crippen LogP contribution >= 0.6 is 0 Å². The Kier molecular flexibility index (Phi) is 5.83. The van der Waals surface area contributed by atoms with Crippen LogP contribution in [0.5, 0.6) is 5.75 Å². The molecular weight excluding hydrogens is 398 g/mol. The van der Waals surface area contributed by atoms with Gasteiger partial charge in [0.05, 0.1) is 16.3 Å². The molecule has 0 bridgehead atoms.